The van der Waals surface area contributed by atoms with Crippen molar-refractivity contribution in [3.63, 3.8) is 0 Å². The molecule has 4 rings (SSSR count). The van der Waals surface area contributed by atoms with Crippen molar-refractivity contribution in [2.45, 2.75) is 25.0 Å². The van der Waals surface area contributed by atoms with Crippen LogP contribution in [0.25, 0.3) is 0 Å². The lowest BCUT2D eigenvalue weighted by atomic mass is 9.65. The molecular formula is C29H28S4. The maximum absolute atomic E-state index is 2.30. The fourth-order valence-corrected chi connectivity index (χ4v) is 6.00. The van der Waals surface area contributed by atoms with Gasteiger partial charge in [-0.05, 0) is 95.8 Å². The van der Waals surface area contributed by atoms with Gasteiger partial charge in [0.2, 0.25) is 0 Å². The van der Waals surface area contributed by atoms with Crippen molar-refractivity contribution in [3.8, 4) is 0 Å². The third-order valence-corrected chi connectivity index (χ3v) is 9.07. The van der Waals surface area contributed by atoms with Crippen LogP contribution >= 0.6 is 47.0 Å². The van der Waals surface area contributed by atoms with Crippen LogP contribution in [0.4, 0.5) is 0 Å². The summed E-state index contributed by atoms with van der Waals surface area (Å²) < 4.78 is 0. The van der Waals surface area contributed by atoms with E-state index in [1.807, 2.05) is 0 Å². The minimum Gasteiger partial charge on any atom is -0.130 e. The Morgan fingerprint density at radius 2 is 0.515 bits per heavy atom. The molecule has 0 aliphatic rings. The van der Waals surface area contributed by atoms with E-state index in [2.05, 4.69) is 122 Å². The maximum atomic E-state index is 2.30. The van der Waals surface area contributed by atoms with Gasteiger partial charge in [0.15, 0.2) is 0 Å². The van der Waals surface area contributed by atoms with Gasteiger partial charge < -0.3 is 0 Å². The van der Waals surface area contributed by atoms with E-state index in [0.29, 0.717) is 0 Å². The SMILES string of the molecule is CSc1ccc(C(c2ccc(SC)cc2)(c2ccc(SC)cc2)c2ccc(SC)cc2)cc1. The molecular weight excluding hydrogens is 477 g/mol. The monoisotopic (exact) mass is 504 g/mol. The smallest absolute Gasteiger partial charge is 0.0701 e. The molecule has 0 heterocycles. The Morgan fingerprint density at radius 1 is 0.333 bits per heavy atom. The van der Waals surface area contributed by atoms with Crippen LogP contribution in [-0.2, 0) is 5.41 Å². The molecule has 0 radical (unpaired) electrons. The van der Waals surface area contributed by atoms with Gasteiger partial charge >= 0.3 is 0 Å². The van der Waals surface area contributed by atoms with Gasteiger partial charge in [-0.25, -0.2) is 0 Å². The van der Waals surface area contributed by atoms with Gasteiger partial charge in [0.1, 0.15) is 0 Å². The van der Waals surface area contributed by atoms with Crippen molar-refractivity contribution in [1.29, 1.82) is 0 Å². The molecule has 0 bridgehead atoms. The normalized spacial score (nSPS) is 11.5. The quantitative estimate of drug-likeness (QED) is 0.173. The summed E-state index contributed by atoms with van der Waals surface area (Å²) in [4.78, 5) is 5.11. The zero-order chi connectivity index (χ0) is 23.3. The molecule has 4 aromatic rings. The Labute approximate surface area is 215 Å². The van der Waals surface area contributed by atoms with Crippen LogP contribution in [0.15, 0.2) is 117 Å². The molecule has 0 saturated carbocycles. The van der Waals surface area contributed by atoms with Crippen LogP contribution in [0.1, 0.15) is 22.3 Å². The number of hydrogen-bond donors (Lipinski definition) is 0. The van der Waals surface area contributed by atoms with Crippen molar-refractivity contribution in [2.75, 3.05) is 25.0 Å². The summed E-state index contributed by atoms with van der Waals surface area (Å²) >= 11 is 7.13. The minimum atomic E-state index is -0.401. The van der Waals surface area contributed by atoms with E-state index in [1.165, 1.54) is 41.8 Å². The Morgan fingerprint density at radius 3 is 0.667 bits per heavy atom. The molecule has 0 atom stereocenters. The Kier molecular flexibility index (Phi) is 8.24. The summed E-state index contributed by atoms with van der Waals surface area (Å²) in [7, 11) is 0. The van der Waals surface area contributed by atoms with E-state index < -0.39 is 5.41 Å². The summed E-state index contributed by atoms with van der Waals surface area (Å²) in [5, 5.41) is 0. The first kappa shape index (κ1) is 24.4. The van der Waals surface area contributed by atoms with Gasteiger partial charge in [-0.15, -0.1) is 47.0 Å². The lowest BCUT2D eigenvalue weighted by Gasteiger charge is -2.37. The molecule has 0 unspecified atom stereocenters. The van der Waals surface area contributed by atoms with Gasteiger partial charge in [-0.1, -0.05) is 48.5 Å². The summed E-state index contributed by atoms with van der Waals surface area (Å²) in [6.45, 7) is 0. The van der Waals surface area contributed by atoms with Crippen LogP contribution in [0.3, 0.4) is 0 Å². The largest absolute Gasteiger partial charge is 0.130 e. The highest BCUT2D eigenvalue weighted by Crippen LogP contribution is 2.46. The van der Waals surface area contributed by atoms with E-state index in [9.17, 15) is 0 Å². The van der Waals surface area contributed by atoms with E-state index in [4.69, 9.17) is 0 Å². The molecule has 0 fully saturated rings. The van der Waals surface area contributed by atoms with Gasteiger partial charge in [0.25, 0.3) is 0 Å². The standard InChI is InChI=1S/C29H28S4/c1-30-25-13-5-21(6-14-25)29(22-7-15-26(31-2)16-8-22,23-9-17-27(32-3)18-10-23)24-11-19-28(33-4)20-12-24/h5-20H,1-4H3. The zero-order valence-corrected chi connectivity index (χ0v) is 22.6. The molecule has 4 heteroatoms. The number of rotatable bonds is 8. The predicted octanol–water partition coefficient (Wildman–Crippen LogP) is 8.96. The maximum Gasteiger partial charge on any atom is 0.0701 e. The van der Waals surface area contributed by atoms with Crippen LogP contribution in [0, 0.1) is 0 Å². The second kappa shape index (κ2) is 11.1. The molecule has 0 nitrogen and oxygen atoms in total. The molecule has 168 valence electrons. The highest BCUT2D eigenvalue weighted by atomic mass is 32.2. The number of benzene rings is 4. The first-order chi connectivity index (χ1) is 16.1. The second-order valence-corrected chi connectivity index (χ2v) is 11.2. The van der Waals surface area contributed by atoms with E-state index >= 15 is 0 Å². The van der Waals surface area contributed by atoms with Crippen molar-refractivity contribution in [2.24, 2.45) is 0 Å². The zero-order valence-electron chi connectivity index (χ0n) is 19.4. The van der Waals surface area contributed by atoms with Gasteiger partial charge in [-0.3, -0.25) is 0 Å². The highest BCUT2D eigenvalue weighted by Gasteiger charge is 2.38. The second-order valence-electron chi connectivity index (χ2n) is 7.66. The molecule has 0 spiro atoms. The van der Waals surface area contributed by atoms with Crippen LogP contribution in [-0.4, -0.2) is 25.0 Å². The number of hydrogen-bond acceptors (Lipinski definition) is 4. The molecule has 4 aromatic carbocycles. The van der Waals surface area contributed by atoms with Crippen molar-refractivity contribution < 1.29 is 0 Å². The molecule has 0 aliphatic heterocycles. The summed E-state index contributed by atoms with van der Waals surface area (Å²) in [6.07, 6.45) is 8.52. The summed E-state index contributed by atoms with van der Waals surface area (Å²) in [5.41, 5.74) is 4.73. The predicted molar refractivity (Wildman–Crippen MR) is 152 cm³/mol. The third-order valence-electron chi connectivity index (χ3n) is 6.09. The minimum absolute atomic E-state index is 0.401. The topological polar surface area (TPSA) is 0 Å². The Hall–Kier alpha value is -1.72. The molecule has 0 amide bonds. The van der Waals surface area contributed by atoms with Crippen molar-refractivity contribution in [3.05, 3.63) is 119 Å². The average molecular weight is 505 g/mol. The lowest BCUT2D eigenvalue weighted by Crippen LogP contribution is -2.31. The molecule has 33 heavy (non-hydrogen) atoms. The van der Waals surface area contributed by atoms with Crippen molar-refractivity contribution in [1.82, 2.24) is 0 Å². The first-order valence-corrected chi connectivity index (χ1v) is 15.6. The van der Waals surface area contributed by atoms with Gasteiger partial charge in [-0.2, -0.15) is 0 Å². The van der Waals surface area contributed by atoms with Crippen LogP contribution in [0.5, 0.6) is 0 Å². The Balaban J connectivity index is 2.05. The summed E-state index contributed by atoms with van der Waals surface area (Å²) in [5.74, 6) is 0. The van der Waals surface area contributed by atoms with Gasteiger partial charge in [0, 0.05) is 19.6 Å². The third kappa shape index (κ3) is 4.90. The van der Waals surface area contributed by atoms with E-state index in [1.54, 1.807) is 47.0 Å². The molecule has 0 saturated heterocycles. The van der Waals surface area contributed by atoms with Crippen LogP contribution in [0.2, 0.25) is 0 Å². The van der Waals surface area contributed by atoms with E-state index in [-0.39, 0.29) is 0 Å². The number of thioether (sulfide) groups is 4. The fourth-order valence-electron chi connectivity index (χ4n) is 4.36. The van der Waals surface area contributed by atoms with Crippen molar-refractivity contribution >= 4 is 47.0 Å². The first-order valence-electron chi connectivity index (χ1n) is 10.7. The molecule has 0 N–H and O–H groups in total. The lowest BCUT2D eigenvalue weighted by molar-refractivity contribution is 0.741. The fraction of sp³-hybridized carbons (Fsp3) is 0.172. The summed E-state index contributed by atoms with van der Waals surface area (Å²) in [6, 6.07) is 36.4. The van der Waals surface area contributed by atoms with Gasteiger partial charge in [0.05, 0.1) is 5.41 Å². The van der Waals surface area contributed by atoms with E-state index in [0.717, 1.165) is 0 Å². The average Bonchev–Trinajstić information content (AvgIpc) is 2.90. The highest BCUT2D eigenvalue weighted by molar-refractivity contribution is 7.99. The molecule has 0 aromatic heterocycles. The van der Waals surface area contributed by atoms with Crippen LogP contribution < -0.4 is 0 Å². The Bertz CT molecular complexity index is 967. The molecule has 0 aliphatic carbocycles.